The molecule has 3 rings (SSSR count). The maximum atomic E-state index is 11.7. The van der Waals surface area contributed by atoms with Crippen molar-refractivity contribution in [2.45, 2.75) is 12.5 Å². The van der Waals surface area contributed by atoms with Crippen LogP contribution in [0.25, 0.3) is 6.08 Å². The van der Waals surface area contributed by atoms with Gasteiger partial charge >= 0.3 is 0 Å². The van der Waals surface area contributed by atoms with Crippen molar-refractivity contribution in [3.8, 4) is 0 Å². The van der Waals surface area contributed by atoms with Gasteiger partial charge in [0.05, 0.1) is 6.04 Å². The predicted octanol–water partition coefficient (Wildman–Crippen LogP) is 4.19. The number of allylic oxidation sites excluding steroid dienone is 1. The van der Waals surface area contributed by atoms with Gasteiger partial charge in [-0.15, -0.1) is 0 Å². The molecule has 0 aromatic heterocycles. The van der Waals surface area contributed by atoms with E-state index >= 15 is 0 Å². The van der Waals surface area contributed by atoms with Crippen molar-refractivity contribution in [2.75, 3.05) is 0 Å². The van der Waals surface area contributed by atoms with Crippen LogP contribution in [0.1, 0.15) is 23.6 Å². The average Bonchev–Trinajstić information content (AvgIpc) is 2.55. The molecule has 2 nitrogen and oxygen atoms in total. The number of rotatable bonds is 3. The van der Waals surface area contributed by atoms with Gasteiger partial charge in [0.25, 0.3) is 0 Å². The number of carbonyl (C=O) groups excluding carboxylic acids is 1. The standard InChI is InChI=1S/C19H17NO/c21-18-12-14-20(13-11-16-7-3-1-4-8-16)19(15-18)17-9-5-2-6-10-17/h1-14,19H,15H2/b13-11+. The van der Waals surface area contributed by atoms with E-state index in [-0.39, 0.29) is 11.8 Å². The molecule has 0 radical (unpaired) electrons. The zero-order valence-corrected chi connectivity index (χ0v) is 11.7. The number of hydrogen-bond donors (Lipinski definition) is 0. The minimum Gasteiger partial charge on any atom is -0.346 e. The third kappa shape index (κ3) is 3.29. The summed E-state index contributed by atoms with van der Waals surface area (Å²) in [4.78, 5) is 13.8. The summed E-state index contributed by atoms with van der Waals surface area (Å²) in [5.74, 6) is 0.174. The van der Waals surface area contributed by atoms with Crippen molar-refractivity contribution >= 4 is 11.9 Å². The topological polar surface area (TPSA) is 20.3 Å². The SMILES string of the molecule is O=C1C=CN(/C=C/c2ccccc2)C(c2ccccc2)C1. The number of ketones is 1. The molecule has 2 heteroatoms. The van der Waals surface area contributed by atoms with Gasteiger partial charge in [-0.2, -0.15) is 0 Å². The quantitative estimate of drug-likeness (QED) is 0.837. The highest BCUT2D eigenvalue weighted by Gasteiger charge is 2.22. The van der Waals surface area contributed by atoms with Crippen molar-refractivity contribution in [1.29, 1.82) is 0 Å². The van der Waals surface area contributed by atoms with Crippen LogP contribution in [0.4, 0.5) is 0 Å². The molecule has 0 N–H and O–H groups in total. The minimum absolute atomic E-state index is 0.0728. The third-order valence-corrected chi connectivity index (χ3v) is 3.61. The van der Waals surface area contributed by atoms with Crippen LogP contribution in [0.5, 0.6) is 0 Å². The first-order chi connectivity index (χ1) is 10.3. The predicted molar refractivity (Wildman–Crippen MR) is 85.3 cm³/mol. The number of carbonyl (C=O) groups is 1. The summed E-state index contributed by atoms with van der Waals surface area (Å²) < 4.78 is 0. The Kier molecular flexibility index (Phi) is 3.97. The van der Waals surface area contributed by atoms with Crippen LogP contribution in [0, 0.1) is 0 Å². The van der Waals surface area contributed by atoms with Gasteiger partial charge in [0.15, 0.2) is 5.78 Å². The van der Waals surface area contributed by atoms with Crippen LogP contribution >= 0.6 is 0 Å². The Labute approximate surface area is 125 Å². The summed E-state index contributed by atoms with van der Waals surface area (Å²) in [5, 5.41) is 0. The summed E-state index contributed by atoms with van der Waals surface area (Å²) in [5.41, 5.74) is 2.31. The van der Waals surface area contributed by atoms with Crippen molar-refractivity contribution in [2.24, 2.45) is 0 Å². The van der Waals surface area contributed by atoms with Crippen molar-refractivity contribution in [3.63, 3.8) is 0 Å². The second kappa shape index (κ2) is 6.23. The maximum Gasteiger partial charge on any atom is 0.159 e. The Bertz CT molecular complexity index is 658. The monoisotopic (exact) mass is 275 g/mol. The third-order valence-electron chi connectivity index (χ3n) is 3.61. The fourth-order valence-electron chi connectivity index (χ4n) is 2.49. The molecule has 1 aliphatic heterocycles. The Hall–Kier alpha value is -2.61. The van der Waals surface area contributed by atoms with Gasteiger partial charge in [-0.3, -0.25) is 4.79 Å². The molecule has 0 saturated carbocycles. The van der Waals surface area contributed by atoms with Gasteiger partial charge in [0, 0.05) is 18.8 Å². The van der Waals surface area contributed by atoms with Gasteiger partial charge in [-0.25, -0.2) is 0 Å². The van der Waals surface area contributed by atoms with Crippen LogP contribution in [0.3, 0.4) is 0 Å². The second-order valence-electron chi connectivity index (χ2n) is 5.09. The van der Waals surface area contributed by atoms with Gasteiger partial charge in [-0.05, 0) is 23.3 Å². The van der Waals surface area contributed by atoms with E-state index in [9.17, 15) is 4.79 Å². The number of hydrogen-bond acceptors (Lipinski definition) is 2. The lowest BCUT2D eigenvalue weighted by molar-refractivity contribution is -0.116. The fourth-order valence-corrected chi connectivity index (χ4v) is 2.49. The largest absolute Gasteiger partial charge is 0.346 e. The maximum absolute atomic E-state index is 11.7. The molecule has 21 heavy (non-hydrogen) atoms. The second-order valence-corrected chi connectivity index (χ2v) is 5.09. The Morgan fingerprint density at radius 2 is 1.62 bits per heavy atom. The van der Waals surface area contributed by atoms with Gasteiger partial charge in [0.2, 0.25) is 0 Å². The summed E-state index contributed by atoms with van der Waals surface area (Å²) in [6.07, 6.45) is 8.13. The summed E-state index contributed by atoms with van der Waals surface area (Å²) >= 11 is 0. The minimum atomic E-state index is 0.0728. The van der Waals surface area contributed by atoms with E-state index in [4.69, 9.17) is 0 Å². The highest BCUT2D eigenvalue weighted by atomic mass is 16.1. The average molecular weight is 275 g/mol. The molecule has 104 valence electrons. The number of nitrogens with zero attached hydrogens (tertiary/aromatic N) is 1. The van der Waals surface area contributed by atoms with Crippen LogP contribution in [-0.2, 0) is 4.79 Å². The van der Waals surface area contributed by atoms with E-state index in [1.54, 1.807) is 6.08 Å². The molecule has 0 saturated heterocycles. The summed E-state index contributed by atoms with van der Waals surface area (Å²) in [7, 11) is 0. The van der Waals surface area contributed by atoms with Crippen LogP contribution in [0.15, 0.2) is 79.1 Å². The summed E-state index contributed by atoms with van der Waals surface area (Å²) in [6.45, 7) is 0. The fraction of sp³-hybridized carbons (Fsp3) is 0.105. The van der Waals surface area contributed by atoms with Gasteiger partial charge in [0.1, 0.15) is 0 Å². The van der Waals surface area contributed by atoms with Crippen LogP contribution in [-0.4, -0.2) is 10.7 Å². The smallest absolute Gasteiger partial charge is 0.159 e. The molecule has 0 bridgehead atoms. The van der Waals surface area contributed by atoms with Crippen LogP contribution in [0.2, 0.25) is 0 Å². The van der Waals surface area contributed by atoms with Crippen molar-refractivity contribution in [3.05, 3.63) is 90.3 Å². The van der Waals surface area contributed by atoms with Crippen LogP contribution < -0.4 is 0 Å². The molecular formula is C19H17NO. The first-order valence-electron chi connectivity index (χ1n) is 7.09. The number of benzene rings is 2. The molecular weight excluding hydrogens is 258 g/mol. The molecule has 2 aromatic carbocycles. The van der Waals surface area contributed by atoms with Gasteiger partial charge < -0.3 is 4.90 Å². The Morgan fingerprint density at radius 1 is 0.952 bits per heavy atom. The van der Waals surface area contributed by atoms with E-state index in [1.807, 2.05) is 48.8 Å². The van der Waals surface area contributed by atoms with E-state index in [2.05, 4.69) is 35.2 Å². The molecule has 1 aliphatic rings. The van der Waals surface area contributed by atoms with E-state index in [0.717, 1.165) is 11.1 Å². The highest BCUT2D eigenvalue weighted by molar-refractivity contribution is 5.91. The van der Waals surface area contributed by atoms with E-state index < -0.39 is 0 Å². The first kappa shape index (κ1) is 13.4. The molecule has 0 spiro atoms. The Morgan fingerprint density at radius 3 is 2.33 bits per heavy atom. The molecule has 1 atom stereocenters. The molecule has 1 unspecified atom stereocenters. The highest BCUT2D eigenvalue weighted by Crippen LogP contribution is 2.28. The molecule has 0 amide bonds. The van der Waals surface area contributed by atoms with Crippen molar-refractivity contribution < 1.29 is 4.79 Å². The molecule has 0 aliphatic carbocycles. The summed E-state index contributed by atoms with van der Waals surface area (Å²) in [6, 6.07) is 20.4. The Balaban J connectivity index is 1.86. The lowest BCUT2D eigenvalue weighted by Crippen LogP contribution is -2.24. The van der Waals surface area contributed by atoms with Crippen molar-refractivity contribution in [1.82, 2.24) is 4.90 Å². The lowest BCUT2D eigenvalue weighted by atomic mass is 9.97. The van der Waals surface area contributed by atoms with E-state index in [0.29, 0.717) is 6.42 Å². The van der Waals surface area contributed by atoms with Gasteiger partial charge in [-0.1, -0.05) is 60.7 Å². The molecule has 2 aromatic rings. The normalized spacial score (nSPS) is 18.4. The molecule has 1 heterocycles. The zero-order chi connectivity index (χ0) is 14.5. The first-order valence-corrected chi connectivity index (χ1v) is 7.09. The zero-order valence-electron chi connectivity index (χ0n) is 11.7. The molecule has 0 fully saturated rings. The van der Waals surface area contributed by atoms with E-state index in [1.165, 1.54) is 0 Å². The lowest BCUT2D eigenvalue weighted by Gasteiger charge is -2.30.